The molecule has 3 rings (SSSR count). The number of nitrogens with zero attached hydrogens (tertiary/aromatic N) is 2. The predicted octanol–water partition coefficient (Wildman–Crippen LogP) is 3.89. The Balaban J connectivity index is 1.69. The number of amides is 1. The van der Waals surface area contributed by atoms with Gasteiger partial charge in [0.15, 0.2) is 10.1 Å². The molecule has 1 atom stereocenters. The highest BCUT2D eigenvalue weighted by molar-refractivity contribution is 8.02. The number of carbonyl (C=O) groups excluding carboxylic acids is 2. The molecule has 0 radical (unpaired) electrons. The number of hydrogen-bond acceptors (Lipinski definition) is 6. The maximum Gasteiger partial charge on any atom is 0.237 e. The Morgan fingerprint density at radius 2 is 1.84 bits per heavy atom. The van der Waals surface area contributed by atoms with Gasteiger partial charge in [0.25, 0.3) is 0 Å². The van der Waals surface area contributed by atoms with Gasteiger partial charge in [-0.15, -0.1) is 10.2 Å². The Hall–Kier alpha value is -2.51. The molecule has 0 saturated carbocycles. The molecule has 5 nitrogen and oxygen atoms in total. The standard InChI is InChI=1S/C18H15N3O2S2/c1-12(25-18-21-19-11-24-18)17(23)20-15-9-5-8-14(10-15)16(22)13-6-3-2-4-7-13/h2-12H,1H3,(H,20,23)/t12-/m1/s1. The number of rotatable bonds is 6. The summed E-state index contributed by atoms with van der Waals surface area (Å²) in [6.07, 6.45) is 0. The van der Waals surface area contributed by atoms with Crippen molar-refractivity contribution < 1.29 is 9.59 Å². The predicted molar refractivity (Wildman–Crippen MR) is 100 cm³/mol. The molecule has 25 heavy (non-hydrogen) atoms. The van der Waals surface area contributed by atoms with E-state index < -0.39 is 0 Å². The van der Waals surface area contributed by atoms with Crippen molar-refractivity contribution in [1.29, 1.82) is 0 Å². The summed E-state index contributed by atoms with van der Waals surface area (Å²) in [6, 6.07) is 16.0. The Labute approximate surface area is 153 Å². The van der Waals surface area contributed by atoms with Crippen molar-refractivity contribution in [3.05, 3.63) is 71.2 Å². The van der Waals surface area contributed by atoms with E-state index in [1.165, 1.54) is 23.1 Å². The van der Waals surface area contributed by atoms with Gasteiger partial charge in [0.2, 0.25) is 5.91 Å². The van der Waals surface area contributed by atoms with E-state index in [1.807, 2.05) is 18.2 Å². The van der Waals surface area contributed by atoms with Crippen LogP contribution in [-0.2, 0) is 4.79 Å². The molecule has 1 amide bonds. The second kappa shape index (κ2) is 8.04. The van der Waals surface area contributed by atoms with Crippen molar-refractivity contribution in [1.82, 2.24) is 10.2 Å². The summed E-state index contributed by atoms with van der Waals surface area (Å²) in [5, 5.41) is 10.2. The quantitative estimate of drug-likeness (QED) is 0.527. The van der Waals surface area contributed by atoms with E-state index in [2.05, 4.69) is 15.5 Å². The van der Waals surface area contributed by atoms with E-state index in [-0.39, 0.29) is 16.9 Å². The number of carbonyl (C=O) groups is 2. The molecule has 2 aromatic carbocycles. The van der Waals surface area contributed by atoms with E-state index in [4.69, 9.17) is 0 Å². The minimum atomic E-state index is -0.318. The summed E-state index contributed by atoms with van der Waals surface area (Å²) in [7, 11) is 0. The third kappa shape index (κ3) is 4.52. The summed E-state index contributed by atoms with van der Waals surface area (Å²) < 4.78 is 0.746. The molecule has 1 heterocycles. The number of aromatic nitrogens is 2. The minimum absolute atomic E-state index is 0.0759. The Bertz CT molecular complexity index is 867. The van der Waals surface area contributed by atoms with Crippen molar-refractivity contribution in [3.63, 3.8) is 0 Å². The topological polar surface area (TPSA) is 72.0 Å². The van der Waals surface area contributed by atoms with Gasteiger partial charge in [0.05, 0.1) is 5.25 Å². The lowest BCUT2D eigenvalue weighted by atomic mass is 10.0. The van der Waals surface area contributed by atoms with Crippen LogP contribution in [0, 0.1) is 0 Å². The van der Waals surface area contributed by atoms with Crippen molar-refractivity contribution in [2.45, 2.75) is 16.5 Å². The van der Waals surface area contributed by atoms with Gasteiger partial charge in [-0.2, -0.15) is 0 Å². The molecule has 0 aliphatic heterocycles. The molecule has 0 saturated heterocycles. The van der Waals surface area contributed by atoms with Crippen molar-refractivity contribution in [3.8, 4) is 0 Å². The molecular weight excluding hydrogens is 354 g/mol. The second-order valence-corrected chi connectivity index (χ2v) is 7.65. The maximum absolute atomic E-state index is 12.5. The Kier molecular flexibility index (Phi) is 5.57. The highest BCUT2D eigenvalue weighted by atomic mass is 32.2. The number of anilines is 1. The smallest absolute Gasteiger partial charge is 0.237 e. The minimum Gasteiger partial charge on any atom is -0.325 e. The lowest BCUT2D eigenvalue weighted by Gasteiger charge is -2.11. The highest BCUT2D eigenvalue weighted by Gasteiger charge is 2.17. The number of thioether (sulfide) groups is 1. The fourth-order valence-corrected chi connectivity index (χ4v) is 3.78. The van der Waals surface area contributed by atoms with Gasteiger partial charge in [-0.1, -0.05) is 65.6 Å². The van der Waals surface area contributed by atoms with Crippen LogP contribution in [0.5, 0.6) is 0 Å². The molecule has 1 aromatic heterocycles. The van der Waals surface area contributed by atoms with Crippen LogP contribution in [0.3, 0.4) is 0 Å². The first-order valence-electron chi connectivity index (χ1n) is 7.57. The van der Waals surface area contributed by atoms with Crippen LogP contribution in [0.1, 0.15) is 22.8 Å². The van der Waals surface area contributed by atoms with Crippen molar-refractivity contribution in [2.75, 3.05) is 5.32 Å². The van der Waals surface area contributed by atoms with Gasteiger partial charge in [0.1, 0.15) is 5.51 Å². The average molecular weight is 369 g/mol. The SMILES string of the molecule is C[C@@H](Sc1nncs1)C(=O)Nc1cccc(C(=O)c2ccccc2)c1. The number of benzene rings is 2. The van der Waals surface area contributed by atoms with Gasteiger partial charge >= 0.3 is 0 Å². The van der Waals surface area contributed by atoms with Crippen LogP contribution in [0.15, 0.2) is 64.4 Å². The Morgan fingerprint density at radius 3 is 2.56 bits per heavy atom. The van der Waals surface area contributed by atoms with Crippen LogP contribution in [0.25, 0.3) is 0 Å². The van der Waals surface area contributed by atoms with E-state index in [0.717, 1.165) is 4.34 Å². The van der Waals surface area contributed by atoms with Crippen LogP contribution in [0.2, 0.25) is 0 Å². The van der Waals surface area contributed by atoms with Crippen LogP contribution in [-0.4, -0.2) is 27.1 Å². The molecule has 0 fully saturated rings. The number of ketones is 1. The van der Waals surface area contributed by atoms with E-state index in [9.17, 15) is 9.59 Å². The van der Waals surface area contributed by atoms with Gasteiger partial charge in [-0.25, -0.2) is 0 Å². The third-order valence-corrected chi connectivity index (χ3v) is 5.33. The van der Waals surface area contributed by atoms with E-state index >= 15 is 0 Å². The summed E-state index contributed by atoms with van der Waals surface area (Å²) >= 11 is 2.75. The highest BCUT2D eigenvalue weighted by Crippen LogP contribution is 2.25. The van der Waals surface area contributed by atoms with Crippen LogP contribution >= 0.6 is 23.1 Å². The van der Waals surface area contributed by atoms with Crippen molar-refractivity contribution >= 4 is 40.5 Å². The zero-order valence-corrected chi connectivity index (χ0v) is 15.0. The van der Waals surface area contributed by atoms with Crippen LogP contribution < -0.4 is 5.32 Å². The molecule has 3 aromatic rings. The normalized spacial score (nSPS) is 11.7. The average Bonchev–Trinajstić information content (AvgIpc) is 3.15. The molecule has 0 aliphatic rings. The molecule has 1 N–H and O–H groups in total. The van der Waals surface area contributed by atoms with Gasteiger partial charge in [-0.3, -0.25) is 9.59 Å². The lowest BCUT2D eigenvalue weighted by Crippen LogP contribution is -2.22. The first-order chi connectivity index (χ1) is 12.1. The fourth-order valence-electron chi connectivity index (χ4n) is 2.16. The zero-order chi connectivity index (χ0) is 17.6. The van der Waals surface area contributed by atoms with Gasteiger partial charge in [0, 0.05) is 16.8 Å². The van der Waals surface area contributed by atoms with Gasteiger partial charge in [-0.05, 0) is 19.1 Å². The zero-order valence-electron chi connectivity index (χ0n) is 13.4. The number of hydrogen-bond donors (Lipinski definition) is 1. The largest absolute Gasteiger partial charge is 0.325 e. The van der Waals surface area contributed by atoms with Crippen molar-refractivity contribution in [2.24, 2.45) is 0 Å². The summed E-state index contributed by atoms with van der Waals surface area (Å²) in [5.74, 6) is -0.225. The summed E-state index contributed by atoms with van der Waals surface area (Å²) in [4.78, 5) is 24.8. The summed E-state index contributed by atoms with van der Waals surface area (Å²) in [6.45, 7) is 1.81. The fraction of sp³-hybridized carbons (Fsp3) is 0.111. The lowest BCUT2D eigenvalue weighted by molar-refractivity contribution is -0.115. The third-order valence-electron chi connectivity index (χ3n) is 3.42. The molecule has 0 bridgehead atoms. The van der Waals surface area contributed by atoms with E-state index in [1.54, 1.807) is 48.8 Å². The second-order valence-electron chi connectivity index (χ2n) is 5.23. The molecular formula is C18H15N3O2S2. The molecule has 0 aliphatic carbocycles. The number of nitrogens with one attached hydrogen (secondary N) is 1. The molecule has 7 heteroatoms. The first-order valence-corrected chi connectivity index (χ1v) is 9.33. The monoisotopic (exact) mass is 369 g/mol. The van der Waals surface area contributed by atoms with E-state index in [0.29, 0.717) is 16.8 Å². The van der Waals surface area contributed by atoms with Gasteiger partial charge < -0.3 is 5.32 Å². The first kappa shape index (κ1) is 17.3. The summed E-state index contributed by atoms with van der Waals surface area (Å²) in [5.41, 5.74) is 3.38. The Morgan fingerprint density at radius 1 is 1.08 bits per heavy atom. The maximum atomic E-state index is 12.5. The van der Waals surface area contributed by atoms with Crippen LogP contribution in [0.4, 0.5) is 5.69 Å². The molecule has 126 valence electrons. The molecule has 0 unspecified atom stereocenters. The molecule has 0 spiro atoms.